The summed E-state index contributed by atoms with van der Waals surface area (Å²) in [5, 5.41) is 12.1. The first kappa shape index (κ1) is 17.3. The first-order valence-electron chi connectivity index (χ1n) is 8.09. The van der Waals surface area contributed by atoms with Crippen LogP contribution in [0, 0.1) is 5.92 Å². The summed E-state index contributed by atoms with van der Waals surface area (Å²) in [6, 6.07) is 9.47. The van der Waals surface area contributed by atoms with E-state index in [1.807, 2.05) is 42.2 Å². The summed E-state index contributed by atoms with van der Waals surface area (Å²) in [6.45, 7) is 4.52. The first-order chi connectivity index (χ1) is 11.1. The lowest BCUT2D eigenvalue weighted by Crippen LogP contribution is -2.43. The molecule has 1 aromatic rings. The van der Waals surface area contributed by atoms with Gasteiger partial charge in [0.25, 0.3) is 0 Å². The lowest BCUT2D eigenvalue weighted by molar-refractivity contribution is -0.127. The molecule has 2 rings (SSSR count). The SMILES string of the molecule is CCN1CC(CNC(=O)N(CCO)Cc2ccccc2)CC1=O. The van der Waals surface area contributed by atoms with E-state index in [4.69, 9.17) is 0 Å². The van der Waals surface area contributed by atoms with E-state index >= 15 is 0 Å². The van der Waals surface area contributed by atoms with Crippen LogP contribution in [0.25, 0.3) is 0 Å². The lowest BCUT2D eigenvalue weighted by Gasteiger charge is -2.23. The molecule has 1 saturated heterocycles. The topological polar surface area (TPSA) is 72.9 Å². The van der Waals surface area contributed by atoms with Crippen LogP contribution in [0.2, 0.25) is 0 Å². The number of carbonyl (C=O) groups is 2. The van der Waals surface area contributed by atoms with Crippen molar-refractivity contribution in [2.24, 2.45) is 5.92 Å². The Labute approximate surface area is 137 Å². The van der Waals surface area contributed by atoms with E-state index in [0.717, 1.165) is 5.56 Å². The summed E-state index contributed by atoms with van der Waals surface area (Å²) >= 11 is 0. The molecule has 1 aliphatic rings. The number of nitrogens with one attached hydrogen (secondary N) is 1. The van der Waals surface area contributed by atoms with Crippen molar-refractivity contribution < 1.29 is 14.7 Å². The maximum atomic E-state index is 12.3. The van der Waals surface area contributed by atoms with Crippen LogP contribution in [0.3, 0.4) is 0 Å². The number of aliphatic hydroxyl groups excluding tert-OH is 1. The predicted molar refractivity (Wildman–Crippen MR) is 87.7 cm³/mol. The van der Waals surface area contributed by atoms with Gasteiger partial charge in [0.1, 0.15) is 0 Å². The molecule has 1 unspecified atom stereocenters. The normalized spacial score (nSPS) is 17.4. The van der Waals surface area contributed by atoms with Crippen molar-refractivity contribution >= 4 is 11.9 Å². The Morgan fingerprint density at radius 3 is 2.74 bits per heavy atom. The molecule has 2 N–H and O–H groups in total. The van der Waals surface area contributed by atoms with Crippen molar-refractivity contribution in [2.45, 2.75) is 19.9 Å². The standard InChI is InChI=1S/C17H25N3O3/c1-2-19-13-15(10-16(19)22)11-18-17(23)20(8-9-21)12-14-6-4-3-5-7-14/h3-7,15,21H,2,8-13H2,1H3,(H,18,23). The smallest absolute Gasteiger partial charge is 0.317 e. The van der Waals surface area contributed by atoms with E-state index in [1.54, 1.807) is 4.90 Å². The average Bonchev–Trinajstić information content (AvgIpc) is 2.93. The first-order valence-corrected chi connectivity index (χ1v) is 8.09. The summed E-state index contributed by atoms with van der Waals surface area (Å²) in [7, 11) is 0. The van der Waals surface area contributed by atoms with Gasteiger partial charge in [0.2, 0.25) is 5.91 Å². The van der Waals surface area contributed by atoms with Gasteiger partial charge in [0, 0.05) is 45.1 Å². The molecular formula is C17H25N3O3. The fraction of sp³-hybridized carbons (Fsp3) is 0.529. The summed E-state index contributed by atoms with van der Waals surface area (Å²) in [5.74, 6) is 0.322. The molecular weight excluding hydrogens is 294 g/mol. The van der Waals surface area contributed by atoms with Crippen LogP contribution in [0.4, 0.5) is 4.79 Å². The minimum Gasteiger partial charge on any atom is -0.395 e. The minimum absolute atomic E-state index is 0.0776. The van der Waals surface area contributed by atoms with Gasteiger partial charge in [0.15, 0.2) is 0 Å². The van der Waals surface area contributed by atoms with E-state index in [2.05, 4.69) is 5.32 Å². The van der Waals surface area contributed by atoms with Gasteiger partial charge in [-0.05, 0) is 12.5 Å². The Balaban J connectivity index is 1.85. The molecule has 3 amide bonds. The maximum Gasteiger partial charge on any atom is 0.317 e. The maximum absolute atomic E-state index is 12.3. The Morgan fingerprint density at radius 1 is 1.39 bits per heavy atom. The van der Waals surface area contributed by atoms with Crippen molar-refractivity contribution in [1.82, 2.24) is 15.1 Å². The van der Waals surface area contributed by atoms with Crippen LogP contribution in [0.15, 0.2) is 30.3 Å². The predicted octanol–water partition coefficient (Wildman–Crippen LogP) is 1.06. The Morgan fingerprint density at radius 2 is 2.13 bits per heavy atom. The Hall–Kier alpha value is -2.08. The number of rotatable bonds is 7. The number of aliphatic hydroxyl groups is 1. The molecule has 23 heavy (non-hydrogen) atoms. The van der Waals surface area contributed by atoms with Crippen LogP contribution < -0.4 is 5.32 Å². The van der Waals surface area contributed by atoms with Gasteiger partial charge in [-0.1, -0.05) is 30.3 Å². The van der Waals surface area contributed by atoms with Crippen molar-refractivity contribution in [3.05, 3.63) is 35.9 Å². The number of hydrogen-bond acceptors (Lipinski definition) is 3. The highest BCUT2D eigenvalue weighted by Crippen LogP contribution is 2.16. The van der Waals surface area contributed by atoms with E-state index in [-0.39, 0.29) is 31.0 Å². The second kappa shape index (κ2) is 8.53. The van der Waals surface area contributed by atoms with Crippen LogP contribution in [-0.4, -0.2) is 59.6 Å². The van der Waals surface area contributed by atoms with E-state index in [9.17, 15) is 14.7 Å². The zero-order valence-electron chi connectivity index (χ0n) is 13.6. The lowest BCUT2D eigenvalue weighted by atomic mass is 10.1. The van der Waals surface area contributed by atoms with Crippen molar-refractivity contribution in [3.8, 4) is 0 Å². The molecule has 0 bridgehead atoms. The van der Waals surface area contributed by atoms with E-state index in [0.29, 0.717) is 32.6 Å². The Bertz CT molecular complexity index is 521. The van der Waals surface area contributed by atoms with Gasteiger partial charge < -0.3 is 20.2 Å². The number of carbonyl (C=O) groups excluding carboxylic acids is 2. The molecule has 0 aromatic heterocycles. The zero-order chi connectivity index (χ0) is 16.7. The molecule has 1 heterocycles. The number of amides is 3. The van der Waals surface area contributed by atoms with Crippen LogP contribution in [0.5, 0.6) is 0 Å². The van der Waals surface area contributed by atoms with Crippen molar-refractivity contribution in [3.63, 3.8) is 0 Å². The molecule has 0 saturated carbocycles. The van der Waals surface area contributed by atoms with Gasteiger partial charge in [-0.3, -0.25) is 4.79 Å². The van der Waals surface area contributed by atoms with Crippen LogP contribution >= 0.6 is 0 Å². The molecule has 126 valence electrons. The Kier molecular flexibility index (Phi) is 6.40. The van der Waals surface area contributed by atoms with Crippen LogP contribution in [-0.2, 0) is 11.3 Å². The molecule has 0 radical (unpaired) electrons. The van der Waals surface area contributed by atoms with Gasteiger partial charge in [-0.2, -0.15) is 0 Å². The second-order valence-corrected chi connectivity index (χ2v) is 5.82. The second-order valence-electron chi connectivity index (χ2n) is 5.82. The molecule has 1 aromatic carbocycles. The number of urea groups is 1. The largest absolute Gasteiger partial charge is 0.395 e. The fourth-order valence-corrected chi connectivity index (χ4v) is 2.82. The van der Waals surface area contributed by atoms with Crippen LogP contribution in [0.1, 0.15) is 18.9 Å². The van der Waals surface area contributed by atoms with Gasteiger partial charge in [0.05, 0.1) is 6.61 Å². The summed E-state index contributed by atoms with van der Waals surface area (Å²) in [5.41, 5.74) is 1.02. The molecule has 1 atom stereocenters. The van der Waals surface area contributed by atoms with E-state index < -0.39 is 0 Å². The number of hydrogen-bond donors (Lipinski definition) is 2. The van der Waals surface area contributed by atoms with Gasteiger partial charge in [-0.25, -0.2) is 4.79 Å². The third-order valence-corrected chi connectivity index (χ3v) is 4.09. The number of benzene rings is 1. The van der Waals surface area contributed by atoms with E-state index in [1.165, 1.54) is 0 Å². The summed E-state index contributed by atoms with van der Waals surface area (Å²) in [4.78, 5) is 27.4. The quantitative estimate of drug-likeness (QED) is 0.789. The minimum atomic E-state index is -0.203. The molecule has 1 fully saturated rings. The molecule has 6 heteroatoms. The average molecular weight is 319 g/mol. The fourth-order valence-electron chi connectivity index (χ4n) is 2.82. The third-order valence-electron chi connectivity index (χ3n) is 4.09. The summed E-state index contributed by atoms with van der Waals surface area (Å²) in [6.07, 6.45) is 0.493. The number of nitrogens with zero attached hydrogens (tertiary/aromatic N) is 2. The van der Waals surface area contributed by atoms with Crippen molar-refractivity contribution in [2.75, 3.05) is 32.8 Å². The molecule has 0 aliphatic carbocycles. The van der Waals surface area contributed by atoms with Crippen molar-refractivity contribution in [1.29, 1.82) is 0 Å². The summed E-state index contributed by atoms with van der Waals surface area (Å²) < 4.78 is 0. The van der Waals surface area contributed by atoms with Gasteiger partial charge in [-0.15, -0.1) is 0 Å². The highest BCUT2D eigenvalue weighted by molar-refractivity contribution is 5.79. The molecule has 0 spiro atoms. The highest BCUT2D eigenvalue weighted by atomic mass is 16.3. The third kappa shape index (κ3) is 4.96. The number of likely N-dealkylation sites (tertiary alicyclic amines) is 1. The monoisotopic (exact) mass is 319 g/mol. The molecule has 6 nitrogen and oxygen atoms in total. The highest BCUT2D eigenvalue weighted by Gasteiger charge is 2.28. The molecule has 1 aliphatic heterocycles. The zero-order valence-corrected chi connectivity index (χ0v) is 13.6. The van der Waals surface area contributed by atoms with Gasteiger partial charge >= 0.3 is 6.03 Å².